The minimum atomic E-state index is -3.03. The molecule has 0 bridgehead atoms. The SMILES string of the molecule is CC1CCCN(S(=O)(=O)CCCCl)C1. The standard InChI is InChI=1S/C9H18ClNO2S/c1-9-4-2-6-11(8-9)14(12,13)7-3-5-10/h9H,2-8H2,1H3. The molecule has 84 valence electrons. The highest BCUT2D eigenvalue weighted by molar-refractivity contribution is 7.89. The smallest absolute Gasteiger partial charge is 0.212 e. The van der Waals surface area contributed by atoms with Crippen molar-refractivity contribution in [2.24, 2.45) is 5.92 Å². The van der Waals surface area contributed by atoms with Crippen LogP contribution in [0, 0.1) is 5.92 Å². The number of piperidine rings is 1. The van der Waals surface area contributed by atoms with Gasteiger partial charge in [-0.05, 0) is 25.2 Å². The van der Waals surface area contributed by atoms with Gasteiger partial charge in [-0.25, -0.2) is 12.7 Å². The molecule has 0 amide bonds. The maximum Gasteiger partial charge on any atom is 0.214 e. The van der Waals surface area contributed by atoms with Crippen molar-refractivity contribution < 1.29 is 8.42 Å². The number of alkyl halides is 1. The Morgan fingerprint density at radius 2 is 2.21 bits per heavy atom. The Hall–Kier alpha value is 0.200. The van der Waals surface area contributed by atoms with Crippen molar-refractivity contribution in [1.82, 2.24) is 4.31 Å². The van der Waals surface area contributed by atoms with Gasteiger partial charge in [0.1, 0.15) is 0 Å². The Morgan fingerprint density at radius 3 is 2.79 bits per heavy atom. The largest absolute Gasteiger partial charge is 0.214 e. The molecule has 0 saturated carbocycles. The summed E-state index contributed by atoms with van der Waals surface area (Å²) >= 11 is 5.49. The van der Waals surface area contributed by atoms with Crippen LogP contribution < -0.4 is 0 Å². The van der Waals surface area contributed by atoms with Crippen LogP contribution in [0.2, 0.25) is 0 Å². The van der Waals surface area contributed by atoms with Crippen molar-refractivity contribution in [3.8, 4) is 0 Å². The highest BCUT2D eigenvalue weighted by Gasteiger charge is 2.26. The van der Waals surface area contributed by atoms with Gasteiger partial charge in [-0.1, -0.05) is 6.92 Å². The van der Waals surface area contributed by atoms with Crippen LogP contribution in [0.15, 0.2) is 0 Å². The van der Waals surface area contributed by atoms with Gasteiger partial charge in [0, 0.05) is 19.0 Å². The summed E-state index contributed by atoms with van der Waals surface area (Å²) in [7, 11) is -3.03. The molecule has 1 atom stereocenters. The molecular formula is C9H18ClNO2S. The fourth-order valence-corrected chi connectivity index (χ4v) is 3.71. The van der Waals surface area contributed by atoms with Crippen LogP contribution in [0.5, 0.6) is 0 Å². The number of sulfonamides is 1. The van der Waals surface area contributed by atoms with Crippen LogP contribution >= 0.6 is 11.6 Å². The van der Waals surface area contributed by atoms with E-state index in [4.69, 9.17) is 11.6 Å². The third kappa shape index (κ3) is 3.41. The molecule has 0 aromatic heterocycles. The van der Waals surface area contributed by atoms with E-state index in [0.717, 1.165) is 12.8 Å². The highest BCUT2D eigenvalue weighted by Crippen LogP contribution is 2.18. The van der Waals surface area contributed by atoms with Crippen LogP contribution in [0.1, 0.15) is 26.2 Å². The van der Waals surface area contributed by atoms with Crippen molar-refractivity contribution in [3.63, 3.8) is 0 Å². The summed E-state index contributed by atoms with van der Waals surface area (Å²) in [5.41, 5.74) is 0. The first-order valence-electron chi connectivity index (χ1n) is 5.10. The molecule has 0 radical (unpaired) electrons. The van der Waals surface area contributed by atoms with Crippen molar-refractivity contribution in [3.05, 3.63) is 0 Å². The van der Waals surface area contributed by atoms with E-state index in [1.54, 1.807) is 4.31 Å². The molecule has 1 fully saturated rings. The van der Waals surface area contributed by atoms with E-state index in [1.807, 2.05) is 0 Å². The fraction of sp³-hybridized carbons (Fsp3) is 1.00. The Morgan fingerprint density at radius 1 is 1.50 bits per heavy atom. The van der Waals surface area contributed by atoms with Crippen molar-refractivity contribution >= 4 is 21.6 Å². The summed E-state index contributed by atoms with van der Waals surface area (Å²) in [6.07, 6.45) is 2.68. The van der Waals surface area contributed by atoms with Crippen LogP contribution in [0.4, 0.5) is 0 Å². The Kier molecular flexibility index (Phi) is 4.67. The Labute approximate surface area is 91.5 Å². The average Bonchev–Trinajstić information content (AvgIpc) is 2.15. The zero-order valence-electron chi connectivity index (χ0n) is 8.58. The molecule has 5 heteroatoms. The predicted octanol–water partition coefficient (Wildman–Crippen LogP) is 1.68. The van der Waals surface area contributed by atoms with Gasteiger partial charge in [-0.15, -0.1) is 11.6 Å². The van der Waals surface area contributed by atoms with Crippen LogP contribution in [0.3, 0.4) is 0 Å². The second-order valence-electron chi connectivity index (χ2n) is 3.96. The first-order chi connectivity index (χ1) is 6.56. The summed E-state index contributed by atoms with van der Waals surface area (Å²) in [5, 5.41) is 0. The Bertz CT molecular complexity index is 266. The van der Waals surface area contributed by atoms with Crippen molar-refractivity contribution in [2.75, 3.05) is 24.7 Å². The number of nitrogens with zero attached hydrogens (tertiary/aromatic N) is 1. The van der Waals surface area contributed by atoms with Gasteiger partial charge >= 0.3 is 0 Å². The lowest BCUT2D eigenvalue weighted by Gasteiger charge is -2.29. The normalized spacial score (nSPS) is 25.1. The van der Waals surface area contributed by atoms with Gasteiger partial charge in [0.25, 0.3) is 0 Å². The number of hydrogen-bond donors (Lipinski definition) is 0. The summed E-state index contributed by atoms with van der Waals surface area (Å²) in [6, 6.07) is 0. The summed E-state index contributed by atoms with van der Waals surface area (Å²) in [6.45, 7) is 3.48. The molecule has 1 aliphatic rings. The van der Waals surface area contributed by atoms with Gasteiger partial charge < -0.3 is 0 Å². The topological polar surface area (TPSA) is 37.4 Å². The van der Waals surface area contributed by atoms with E-state index in [-0.39, 0.29) is 5.75 Å². The number of hydrogen-bond acceptors (Lipinski definition) is 2. The minimum Gasteiger partial charge on any atom is -0.212 e. The molecule has 0 aliphatic carbocycles. The number of halogens is 1. The maximum absolute atomic E-state index is 11.8. The lowest BCUT2D eigenvalue weighted by molar-refractivity contribution is 0.281. The molecule has 1 heterocycles. The summed E-state index contributed by atoms with van der Waals surface area (Å²) in [5.74, 6) is 1.11. The van der Waals surface area contributed by atoms with Crippen LogP contribution in [0.25, 0.3) is 0 Å². The molecule has 14 heavy (non-hydrogen) atoms. The zero-order chi connectivity index (χ0) is 10.6. The van der Waals surface area contributed by atoms with E-state index >= 15 is 0 Å². The fourth-order valence-electron chi connectivity index (χ4n) is 1.77. The average molecular weight is 240 g/mol. The second kappa shape index (κ2) is 5.33. The van der Waals surface area contributed by atoms with Gasteiger partial charge in [0.05, 0.1) is 5.75 Å². The van der Waals surface area contributed by atoms with E-state index in [2.05, 4.69) is 6.92 Å². The molecule has 1 saturated heterocycles. The van der Waals surface area contributed by atoms with E-state index in [9.17, 15) is 8.42 Å². The van der Waals surface area contributed by atoms with Crippen LogP contribution in [-0.4, -0.2) is 37.4 Å². The van der Waals surface area contributed by atoms with Gasteiger partial charge in [-0.2, -0.15) is 0 Å². The van der Waals surface area contributed by atoms with E-state index in [0.29, 0.717) is 31.3 Å². The summed E-state index contributed by atoms with van der Waals surface area (Å²) < 4.78 is 25.1. The maximum atomic E-state index is 11.8. The summed E-state index contributed by atoms with van der Waals surface area (Å²) in [4.78, 5) is 0. The first-order valence-corrected chi connectivity index (χ1v) is 7.24. The van der Waals surface area contributed by atoms with Crippen molar-refractivity contribution in [1.29, 1.82) is 0 Å². The van der Waals surface area contributed by atoms with Crippen LogP contribution in [-0.2, 0) is 10.0 Å². The first kappa shape index (κ1) is 12.3. The van der Waals surface area contributed by atoms with E-state index < -0.39 is 10.0 Å². The molecule has 1 aliphatic heterocycles. The third-order valence-electron chi connectivity index (χ3n) is 2.55. The monoisotopic (exact) mass is 239 g/mol. The number of rotatable bonds is 4. The molecule has 1 unspecified atom stereocenters. The second-order valence-corrected chi connectivity index (χ2v) is 6.43. The molecule has 0 aromatic carbocycles. The third-order valence-corrected chi connectivity index (χ3v) is 4.74. The van der Waals surface area contributed by atoms with Gasteiger partial charge in [0.2, 0.25) is 10.0 Å². The minimum absolute atomic E-state index is 0.198. The zero-order valence-corrected chi connectivity index (χ0v) is 10.1. The van der Waals surface area contributed by atoms with Crippen molar-refractivity contribution in [2.45, 2.75) is 26.2 Å². The Balaban J connectivity index is 2.53. The van der Waals surface area contributed by atoms with E-state index in [1.165, 1.54) is 0 Å². The highest BCUT2D eigenvalue weighted by atomic mass is 35.5. The molecule has 1 rings (SSSR count). The molecule has 0 spiro atoms. The quantitative estimate of drug-likeness (QED) is 0.700. The lowest BCUT2D eigenvalue weighted by Crippen LogP contribution is -2.40. The molecular weight excluding hydrogens is 222 g/mol. The molecule has 0 aromatic rings. The van der Waals surface area contributed by atoms with Gasteiger partial charge in [-0.3, -0.25) is 0 Å². The van der Waals surface area contributed by atoms with Gasteiger partial charge in [0.15, 0.2) is 0 Å². The molecule has 0 N–H and O–H groups in total. The molecule has 3 nitrogen and oxygen atoms in total. The predicted molar refractivity (Wildman–Crippen MR) is 59.1 cm³/mol. The lowest BCUT2D eigenvalue weighted by atomic mass is 10.0.